The molecule has 2 aliphatic carbocycles. The van der Waals surface area contributed by atoms with Crippen molar-refractivity contribution in [1.29, 1.82) is 0 Å². The van der Waals surface area contributed by atoms with Crippen LogP contribution in [0.1, 0.15) is 61.4 Å². The summed E-state index contributed by atoms with van der Waals surface area (Å²) in [5.41, 5.74) is 1.71. The van der Waals surface area contributed by atoms with Crippen molar-refractivity contribution in [2.24, 2.45) is 0 Å². The van der Waals surface area contributed by atoms with Crippen LogP contribution in [0.2, 0.25) is 0 Å². The Hall–Kier alpha value is -2.16. The summed E-state index contributed by atoms with van der Waals surface area (Å²) >= 11 is 0. The molecule has 1 aliphatic heterocycles. The van der Waals surface area contributed by atoms with E-state index in [9.17, 15) is 13.2 Å². The van der Waals surface area contributed by atoms with Crippen molar-refractivity contribution in [2.75, 3.05) is 18.0 Å². The molecule has 2 aromatic rings. The Morgan fingerprint density at radius 3 is 2.41 bits per heavy atom. The van der Waals surface area contributed by atoms with Crippen molar-refractivity contribution in [3.05, 3.63) is 35.5 Å². The standard InChI is InChI=1S/C20H25F3N6/c21-20(22,23)17-9-18(25-12-24-17)29(15-3-4-15)16-5-7-28(8-6-16)11-14-10-26-27-19(14)13-1-2-13/h9-10,12-13,15-16H,1-8,11H2,(H,26,27). The minimum atomic E-state index is -4.44. The first-order valence-electron chi connectivity index (χ1n) is 10.4. The smallest absolute Gasteiger partial charge is 0.350 e. The van der Waals surface area contributed by atoms with Gasteiger partial charge in [0.05, 0.1) is 6.20 Å². The van der Waals surface area contributed by atoms with Crippen LogP contribution in [0.5, 0.6) is 0 Å². The molecule has 0 bridgehead atoms. The average molecular weight is 406 g/mol. The summed E-state index contributed by atoms with van der Waals surface area (Å²) in [5, 5.41) is 7.38. The second-order valence-corrected chi connectivity index (χ2v) is 8.49. The summed E-state index contributed by atoms with van der Waals surface area (Å²) < 4.78 is 39.3. The van der Waals surface area contributed by atoms with Crippen molar-refractivity contribution < 1.29 is 13.2 Å². The lowest BCUT2D eigenvalue weighted by Crippen LogP contribution is -2.46. The lowest BCUT2D eigenvalue weighted by Gasteiger charge is -2.39. The number of aromatic amines is 1. The quantitative estimate of drug-likeness (QED) is 0.792. The zero-order valence-electron chi connectivity index (χ0n) is 16.2. The number of likely N-dealkylation sites (tertiary alicyclic amines) is 1. The topological polar surface area (TPSA) is 60.9 Å². The Kier molecular flexibility index (Phi) is 4.72. The number of hydrogen-bond donors (Lipinski definition) is 1. The number of alkyl halides is 3. The normalized spacial score (nSPS) is 21.5. The van der Waals surface area contributed by atoms with Crippen LogP contribution in [0.3, 0.4) is 0 Å². The average Bonchev–Trinajstić information content (AvgIpc) is 3.63. The van der Waals surface area contributed by atoms with Crippen LogP contribution in [-0.4, -0.2) is 50.2 Å². The van der Waals surface area contributed by atoms with Crippen LogP contribution >= 0.6 is 0 Å². The van der Waals surface area contributed by atoms with Gasteiger partial charge < -0.3 is 4.90 Å². The Morgan fingerprint density at radius 1 is 1.03 bits per heavy atom. The van der Waals surface area contributed by atoms with Crippen LogP contribution in [0.4, 0.5) is 19.0 Å². The number of hydrogen-bond acceptors (Lipinski definition) is 5. The Morgan fingerprint density at radius 2 is 1.76 bits per heavy atom. The molecule has 2 aromatic heterocycles. The number of aromatic nitrogens is 4. The predicted octanol–water partition coefficient (Wildman–Crippen LogP) is 3.73. The fraction of sp³-hybridized carbons (Fsp3) is 0.650. The molecule has 6 nitrogen and oxygen atoms in total. The number of nitrogens with one attached hydrogen (secondary N) is 1. The van der Waals surface area contributed by atoms with Crippen molar-refractivity contribution >= 4 is 5.82 Å². The van der Waals surface area contributed by atoms with E-state index in [1.54, 1.807) is 0 Å². The van der Waals surface area contributed by atoms with Gasteiger partial charge in [0.25, 0.3) is 0 Å². The summed E-state index contributed by atoms with van der Waals surface area (Å²) in [6, 6.07) is 1.64. The molecule has 0 unspecified atom stereocenters. The van der Waals surface area contributed by atoms with Gasteiger partial charge >= 0.3 is 6.18 Å². The number of nitrogens with zero attached hydrogens (tertiary/aromatic N) is 5. The largest absolute Gasteiger partial charge is 0.433 e. The third-order valence-electron chi connectivity index (χ3n) is 6.23. The fourth-order valence-electron chi connectivity index (χ4n) is 4.44. The van der Waals surface area contributed by atoms with Crippen LogP contribution in [-0.2, 0) is 12.7 Å². The van der Waals surface area contributed by atoms with E-state index in [4.69, 9.17) is 0 Å². The maximum Gasteiger partial charge on any atom is 0.433 e. The van der Waals surface area contributed by atoms with E-state index in [-0.39, 0.29) is 6.04 Å². The molecule has 0 atom stereocenters. The summed E-state index contributed by atoms with van der Waals surface area (Å²) in [6.07, 6.45) is 4.92. The van der Waals surface area contributed by atoms with E-state index in [1.165, 1.54) is 24.1 Å². The maximum absolute atomic E-state index is 13.1. The molecular weight excluding hydrogens is 381 g/mol. The van der Waals surface area contributed by atoms with Crippen molar-refractivity contribution in [3.8, 4) is 0 Å². The van der Waals surface area contributed by atoms with Gasteiger partial charge in [-0.3, -0.25) is 10.00 Å². The van der Waals surface area contributed by atoms with Crippen molar-refractivity contribution in [2.45, 2.75) is 69.2 Å². The van der Waals surface area contributed by atoms with Gasteiger partial charge in [-0.1, -0.05) is 0 Å². The Balaban J connectivity index is 1.25. The minimum Gasteiger partial charge on any atom is -0.350 e. The highest BCUT2D eigenvalue weighted by Crippen LogP contribution is 2.41. The molecule has 3 fully saturated rings. The monoisotopic (exact) mass is 406 g/mol. The Labute approximate surface area is 167 Å². The number of piperidine rings is 1. The third-order valence-corrected chi connectivity index (χ3v) is 6.23. The van der Waals surface area contributed by atoms with E-state index in [0.717, 1.165) is 57.7 Å². The van der Waals surface area contributed by atoms with E-state index in [2.05, 4.69) is 30.0 Å². The number of anilines is 1. The first kappa shape index (κ1) is 18.8. The van der Waals surface area contributed by atoms with E-state index in [0.29, 0.717) is 17.8 Å². The van der Waals surface area contributed by atoms with Gasteiger partial charge in [0.1, 0.15) is 17.8 Å². The minimum absolute atomic E-state index is 0.224. The molecule has 1 N–H and O–H groups in total. The van der Waals surface area contributed by atoms with Gasteiger partial charge in [-0.2, -0.15) is 18.3 Å². The first-order chi connectivity index (χ1) is 14.0. The highest BCUT2D eigenvalue weighted by Gasteiger charge is 2.39. The summed E-state index contributed by atoms with van der Waals surface area (Å²) in [5.74, 6) is 1.06. The lowest BCUT2D eigenvalue weighted by atomic mass is 10.0. The summed E-state index contributed by atoms with van der Waals surface area (Å²) in [4.78, 5) is 12.2. The molecule has 0 aromatic carbocycles. The molecule has 5 rings (SSSR count). The fourth-order valence-corrected chi connectivity index (χ4v) is 4.44. The van der Waals surface area contributed by atoms with Gasteiger partial charge in [0.15, 0.2) is 0 Å². The predicted molar refractivity (Wildman–Crippen MR) is 101 cm³/mol. The number of rotatable bonds is 6. The molecule has 156 valence electrons. The number of H-pyrrole nitrogens is 1. The molecule has 0 spiro atoms. The van der Waals surface area contributed by atoms with Gasteiger partial charge in [0, 0.05) is 55.0 Å². The van der Waals surface area contributed by atoms with Crippen molar-refractivity contribution in [1.82, 2.24) is 25.1 Å². The maximum atomic E-state index is 13.1. The highest BCUT2D eigenvalue weighted by atomic mass is 19.4. The molecule has 0 amide bonds. The molecule has 3 aliphatic rings. The lowest BCUT2D eigenvalue weighted by molar-refractivity contribution is -0.141. The molecule has 9 heteroatoms. The van der Waals surface area contributed by atoms with E-state index in [1.807, 2.05) is 6.20 Å². The molecule has 0 radical (unpaired) electrons. The van der Waals surface area contributed by atoms with Gasteiger partial charge in [-0.05, 0) is 38.5 Å². The molecule has 2 saturated carbocycles. The molecule has 1 saturated heterocycles. The second kappa shape index (κ2) is 7.27. The second-order valence-electron chi connectivity index (χ2n) is 8.49. The summed E-state index contributed by atoms with van der Waals surface area (Å²) in [6.45, 7) is 2.75. The molecule has 29 heavy (non-hydrogen) atoms. The Bertz CT molecular complexity index is 850. The zero-order chi connectivity index (χ0) is 20.0. The summed E-state index contributed by atoms with van der Waals surface area (Å²) in [7, 11) is 0. The SMILES string of the molecule is FC(F)(F)c1cc(N(C2CC2)C2CCN(Cc3cn[nH]c3C3CC3)CC2)ncn1. The molecule has 3 heterocycles. The highest BCUT2D eigenvalue weighted by molar-refractivity contribution is 5.44. The van der Waals surface area contributed by atoms with Crippen LogP contribution in [0.25, 0.3) is 0 Å². The van der Waals surface area contributed by atoms with Crippen LogP contribution in [0, 0.1) is 0 Å². The van der Waals surface area contributed by atoms with Crippen molar-refractivity contribution in [3.63, 3.8) is 0 Å². The van der Waals surface area contributed by atoms with E-state index >= 15 is 0 Å². The van der Waals surface area contributed by atoms with Crippen LogP contribution in [0.15, 0.2) is 18.6 Å². The first-order valence-corrected chi connectivity index (χ1v) is 10.4. The van der Waals surface area contributed by atoms with Gasteiger partial charge in [0.2, 0.25) is 0 Å². The third kappa shape index (κ3) is 4.10. The molecular formula is C20H25F3N6. The zero-order valence-corrected chi connectivity index (χ0v) is 16.2. The van der Waals surface area contributed by atoms with Gasteiger partial charge in [-0.15, -0.1) is 0 Å². The van der Waals surface area contributed by atoms with Crippen LogP contribution < -0.4 is 4.90 Å². The van der Waals surface area contributed by atoms with E-state index < -0.39 is 11.9 Å². The van der Waals surface area contributed by atoms with Gasteiger partial charge in [-0.25, -0.2) is 9.97 Å². The number of halogens is 3.